The summed E-state index contributed by atoms with van der Waals surface area (Å²) < 4.78 is 0. The number of carbonyl (C=O) groups is 1. The summed E-state index contributed by atoms with van der Waals surface area (Å²) in [5.74, 6) is 0.121. The highest BCUT2D eigenvalue weighted by atomic mass is 35.5. The van der Waals surface area contributed by atoms with Crippen molar-refractivity contribution >= 4 is 29.1 Å². The molecular weight excluding hydrogens is 271 g/mol. The zero-order chi connectivity index (χ0) is 13.7. The van der Waals surface area contributed by atoms with Crippen molar-refractivity contribution in [2.75, 3.05) is 13.1 Å². The van der Waals surface area contributed by atoms with E-state index in [-0.39, 0.29) is 12.5 Å². The Morgan fingerprint density at radius 2 is 2.06 bits per heavy atom. The van der Waals surface area contributed by atoms with Gasteiger partial charge in [0.15, 0.2) is 0 Å². The van der Waals surface area contributed by atoms with Crippen LogP contribution in [-0.4, -0.2) is 23.9 Å². The first-order valence-electron chi connectivity index (χ1n) is 5.83. The average Bonchev–Trinajstić information content (AvgIpc) is 2.20. The Hall–Kier alpha value is -0.770. The number of nitrogens with two attached hydrogens (primary N) is 1. The van der Waals surface area contributed by atoms with Crippen LogP contribution in [0.2, 0.25) is 10.0 Å². The quantitative estimate of drug-likeness (QED) is 0.875. The van der Waals surface area contributed by atoms with Crippen molar-refractivity contribution in [2.45, 2.75) is 20.4 Å². The Balaban J connectivity index is 2.78. The Bertz CT molecular complexity index is 421. The minimum atomic E-state index is -0.333. The molecule has 3 nitrogen and oxygen atoms in total. The van der Waals surface area contributed by atoms with Crippen molar-refractivity contribution in [1.82, 2.24) is 4.90 Å². The molecule has 1 aromatic carbocycles. The molecule has 0 aliphatic carbocycles. The van der Waals surface area contributed by atoms with Crippen molar-refractivity contribution in [1.29, 1.82) is 0 Å². The molecule has 1 aromatic rings. The topological polar surface area (TPSA) is 46.3 Å². The number of amides is 1. The molecule has 1 rings (SSSR count). The van der Waals surface area contributed by atoms with Gasteiger partial charge in [0.1, 0.15) is 0 Å². The molecule has 0 saturated heterocycles. The van der Waals surface area contributed by atoms with Crippen LogP contribution in [-0.2, 0) is 11.3 Å². The lowest BCUT2D eigenvalue weighted by atomic mass is 10.1. The van der Waals surface area contributed by atoms with Crippen LogP contribution in [0.5, 0.6) is 0 Å². The number of halogens is 2. The predicted molar refractivity (Wildman–Crippen MR) is 75.8 cm³/mol. The van der Waals surface area contributed by atoms with Gasteiger partial charge < -0.3 is 5.73 Å². The van der Waals surface area contributed by atoms with Gasteiger partial charge in [-0.3, -0.25) is 9.69 Å². The van der Waals surface area contributed by atoms with Crippen LogP contribution in [0.1, 0.15) is 19.4 Å². The summed E-state index contributed by atoms with van der Waals surface area (Å²) in [4.78, 5) is 13.0. The molecule has 100 valence electrons. The summed E-state index contributed by atoms with van der Waals surface area (Å²) >= 11 is 12.0. The van der Waals surface area contributed by atoms with Gasteiger partial charge in [-0.25, -0.2) is 0 Å². The van der Waals surface area contributed by atoms with E-state index >= 15 is 0 Å². The van der Waals surface area contributed by atoms with Gasteiger partial charge in [0.25, 0.3) is 0 Å². The number of hydrogen-bond acceptors (Lipinski definition) is 2. The smallest absolute Gasteiger partial charge is 0.231 e. The molecule has 5 heteroatoms. The van der Waals surface area contributed by atoms with Gasteiger partial charge in [-0.2, -0.15) is 0 Å². The van der Waals surface area contributed by atoms with Gasteiger partial charge in [0.2, 0.25) is 5.91 Å². The van der Waals surface area contributed by atoms with Crippen LogP contribution in [0, 0.1) is 5.92 Å². The van der Waals surface area contributed by atoms with Crippen molar-refractivity contribution < 1.29 is 4.79 Å². The summed E-state index contributed by atoms with van der Waals surface area (Å²) in [6, 6.07) is 5.37. The molecule has 0 aliphatic heterocycles. The maximum Gasteiger partial charge on any atom is 0.231 e. The lowest BCUT2D eigenvalue weighted by molar-refractivity contribution is -0.119. The summed E-state index contributed by atoms with van der Waals surface area (Å²) in [6.07, 6.45) is 0. The Morgan fingerprint density at radius 3 is 2.56 bits per heavy atom. The third-order valence-electron chi connectivity index (χ3n) is 2.41. The maximum absolute atomic E-state index is 11.0. The molecule has 18 heavy (non-hydrogen) atoms. The summed E-state index contributed by atoms with van der Waals surface area (Å²) in [5, 5.41) is 1.22. The van der Waals surface area contributed by atoms with Gasteiger partial charge in [-0.05, 0) is 23.6 Å². The van der Waals surface area contributed by atoms with E-state index in [1.54, 1.807) is 12.1 Å². The van der Waals surface area contributed by atoms with Gasteiger partial charge in [-0.1, -0.05) is 43.1 Å². The van der Waals surface area contributed by atoms with E-state index in [1.165, 1.54) is 0 Å². The zero-order valence-corrected chi connectivity index (χ0v) is 12.1. The van der Waals surface area contributed by atoms with E-state index in [1.807, 2.05) is 11.0 Å². The molecule has 0 saturated carbocycles. The van der Waals surface area contributed by atoms with Crippen LogP contribution >= 0.6 is 23.2 Å². The second-order valence-corrected chi connectivity index (χ2v) is 5.61. The predicted octanol–water partition coefficient (Wildman–Crippen LogP) is 2.94. The lowest BCUT2D eigenvalue weighted by Gasteiger charge is -2.23. The number of benzene rings is 1. The standard InChI is InChI=1S/C13H18Cl2N2O/c1-9(2)6-17(8-13(16)18)7-10-3-4-11(14)5-12(10)15/h3-5,9H,6-8H2,1-2H3,(H2,16,18). The van der Waals surface area contributed by atoms with Gasteiger partial charge in [0.05, 0.1) is 6.54 Å². The number of rotatable bonds is 6. The van der Waals surface area contributed by atoms with Crippen molar-refractivity contribution in [2.24, 2.45) is 11.7 Å². The van der Waals surface area contributed by atoms with Crippen LogP contribution in [0.3, 0.4) is 0 Å². The fourth-order valence-electron chi connectivity index (χ4n) is 1.81. The second kappa shape index (κ2) is 6.98. The fourth-order valence-corrected chi connectivity index (χ4v) is 2.28. The minimum absolute atomic E-state index is 0.233. The van der Waals surface area contributed by atoms with Crippen LogP contribution < -0.4 is 5.73 Å². The zero-order valence-electron chi connectivity index (χ0n) is 10.6. The highest BCUT2D eigenvalue weighted by molar-refractivity contribution is 6.35. The van der Waals surface area contributed by atoms with Gasteiger partial charge in [-0.15, -0.1) is 0 Å². The molecular formula is C13H18Cl2N2O. The molecule has 0 fully saturated rings. The molecule has 0 bridgehead atoms. The molecule has 0 unspecified atom stereocenters. The molecule has 0 radical (unpaired) electrons. The van der Waals surface area contributed by atoms with E-state index in [0.717, 1.165) is 12.1 Å². The highest BCUT2D eigenvalue weighted by Crippen LogP contribution is 2.22. The Morgan fingerprint density at radius 1 is 1.39 bits per heavy atom. The molecule has 0 spiro atoms. The second-order valence-electron chi connectivity index (χ2n) is 4.77. The van der Waals surface area contributed by atoms with Crippen LogP contribution in [0.25, 0.3) is 0 Å². The average molecular weight is 289 g/mol. The maximum atomic E-state index is 11.0. The third-order valence-corrected chi connectivity index (χ3v) is 3.00. The van der Waals surface area contributed by atoms with E-state index in [2.05, 4.69) is 13.8 Å². The Labute approximate surface area is 118 Å². The summed E-state index contributed by atoms with van der Waals surface area (Å²) in [7, 11) is 0. The monoisotopic (exact) mass is 288 g/mol. The van der Waals surface area contributed by atoms with Gasteiger partial charge in [0, 0.05) is 23.1 Å². The third kappa shape index (κ3) is 5.25. The Kier molecular flexibility index (Phi) is 5.93. The number of carbonyl (C=O) groups excluding carboxylic acids is 1. The van der Waals surface area contributed by atoms with E-state index in [9.17, 15) is 4.79 Å². The molecule has 0 aromatic heterocycles. The minimum Gasteiger partial charge on any atom is -0.369 e. The van der Waals surface area contributed by atoms with Crippen LogP contribution in [0.15, 0.2) is 18.2 Å². The van der Waals surface area contributed by atoms with E-state index in [4.69, 9.17) is 28.9 Å². The number of nitrogens with zero attached hydrogens (tertiary/aromatic N) is 1. The molecule has 0 aliphatic rings. The summed E-state index contributed by atoms with van der Waals surface area (Å²) in [5.41, 5.74) is 6.20. The van der Waals surface area contributed by atoms with Crippen molar-refractivity contribution in [3.05, 3.63) is 33.8 Å². The SMILES string of the molecule is CC(C)CN(CC(N)=O)Cc1ccc(Cl)cc1Cl. The summed E-state index contributed by atoms with van der Waals surface area (Å²) in [6.45, 7) is 5.81. The first-order chi connectivity index (χ1) is 8.38. The fraction of sp³-hybridized carbons (Fsp3) is 0.462. The highest BCUT2D eigenvalue weighted by Gasteiger charge is 2.12. The molecule has 0 atom stereocenters. The van der Waals surface area contributed by atoms with Crippen molar-refractivity contribution in [3.8, 4) is 0 Å². The van der Waals surface area contributed by atoms with Crippen molar-refractivity contribution in [3.63, 3.8) is 0 Å². The van der Waals surface area contributed by atoms with E-state index < -0.39 is 0 Å². The lowest BCUT2D eigenvalue weighted by Crippen LogP contribution is -2.35. The largest absolute Gasteiger partial charge is 0.369 e. The first kappa shape index (κ1) is 15.3. The van der Waals surface area contributed by atoms with E-state index in [0.29, 0.717) is 22.5 Å². The number of hydrogen-bond donors (Lipinski definition) is 1. The molecule has 2 N–H and O–H groups in total. The van der Waals surface area contributed by atoms with Gasteiger partial charge >= 0.3 is 0 Å². The number of primary amides is 1. The molecule has 0 heterocycles. The first-order valence-corrected chi connectivity index (χ1v) is 6.58. The molecule has 1 amide bonds. The normalized spacial score (nSPS) is 11.2. The van der Waals surface area contributed by atoms with Crippen LogP contribution in [0.4, 0.5) is 0 Å².